The zero-order valence-electron chi connectivity index (χ0n) is 10.1. The molecular weight excluding hydrogens is 228 g/mol. The lowest BCUT2D eigenvalue weighted by Gasteiger charge is -2.09. The first kappa shape index (κ1) is 12.1. The van der Waals surface area contributed by atoms with Gasteiger partial charge in [-0.15, -0.1) is 5.10 Å². The van der Waals surface area contributed by atoms with Gasteiger partial charge in [-0.2, -0.15) is 5.10 Å². The molecule has 2 rings (SSSR count). The number of rotatable bonds is 2. The summed E-state index contributed by atoms with van der Waals surface area (Å²) in [6, 6.07) is 5.66. The van der Waals surface area contributed by atoms with Crippen LogP contribution in [0.1, 0.15) is 36.0 Å². The van der Waals surface area contributed by atoms with Crippen molar-refractivity contribution in [2.24, 2.45) is 27.4 Å². The highest BCUT2D eigenvalue weighted by Crippen LogP contribution is 2.35. The quantitative estimate of drug-likeness (QED) is 0.343. The highest BCUT2D eigenvalue weighted by Gasteiger charge is 2.27. The lowest BCUT2D eigenvalue weighted by atomic mass is 9.97. The summed E-state index contributed by atoms with van der Waals surface area (Å²) in [4.78, 5) is 0. The zero-order valence-corrected chi connectivity index (χ0v) is 10.1. The molecule has 18 heavy (non-hydrogen) atoms. The molecule has 0 saturated carbocycles. The van der Waals surface area contributed by atoms with E-state index in [1.54, 1.807) is 0 Å². The number of nitrogen functional groups attached to an aromatic ring is 1. The van der Waals surface area contributed by atoms with Crippen LogP contribution in [0.5, 0.6) is 0 Å². The van der Waals surface area contributed by atoms with Crippen molar-refractivity contribution in [2.75, 3.05) is 0 Å². The molecule has 94 valence electrons. The molecule has 6 nitrogen and oxygen atoms in total. The topological polar surface area (TPSA) is 127 Å². The molecule has 1 aliphatic carbocycles. The molecule has 0 fully saturated rings. The molecule has 1 unspecified atom stereocenters. The van der Waals surface area contributed by atoms with E-state index in [0.717, 1.165) is 28.8 Å². The molecule has 0 aromatic heterocycles. The third-order valence-electron chi connectivity index (χ3n) is 2.99. The maximum absolute atomic E-state index is 7.60. The van der Waals surface area contributed by atoms with Crippen LogP contribution < -0.4 is 17.2 Å². The molecule has 1 aliphatic rings. The van der Waals surface area contributed by atoms with E-state index in [1.807, 2.05) is 18.2 Å². The van der Waals surface area contributed by atoms with Crippen LogP contribution in [0.15, 0.2) is 28.4 Å². The number of nitrogens with zero attached hydrogens (tertiary/aromatic N) is 2. The summed E-state index contributed by atoms with van der Waals surface area (Å²) in [5.74, 6) is 0.265. The van der Waals surface area contributed by atoms with Gasteiger partial charge in [-0.3, -0.25) is 5.41 Å². The Labute approximate surface area is 105 Å². The van der Waals surface area contributed by atoms with Crippen LogP contribution in [0.4, 0.5) is 0 Å². The summed E-state index contributed by atoms with van der Waals surface area (Å²) in [6.45, 7) is 2.07. The monoisotopic (exact) mass is 244 g/mol. The molecule has 0 heterocycles. The van der Waals surface area contributed by atoms with E-state index in [4.69, 9.17) is 22.6 Å². The zero-order chi connectivity index (χ0) is 13.3. The molecular formula is C12H16N6. The predicted octanol–water partition coefficient (Wildman–Crippen LogP) is 0.455. The van der Waals surface area contributed by atoms with Gasteiger partial charge in [0.15, 0.2) is 0 Å². The number of guanidine groups is 1. The Morgan fingerprint density at radius 3 is 2.67 bits per heavy atom. The van der Waals surface area contributed by atoms with E-state index in [9.17, 15) is 0 Å². The van der Waals surface area contributed by atoms with E-state index >= 15 is 0 Å². The molecule has 0 amide bonds. The Morgan fingerprint density at radius 1 is 1.33 bits per heavy atom. The second-order valence-electron chi connectivity index (χ2n) is 4.36. The second kappa shape index (κ2) is 4.48. The molecule has 0 aliphatic heterocycles. The van der Waals surface area contributed by atoms with Gasteiger partial charge in [0.2, 0.25) is 5.96 Å². The van der Waals surface area contributed by atoms with E-state index < -0.39 is 0 Å². The van der Waals surface area contributed by atoms with Crippen molar-refractivity contribution in [1.82, 2.24) is 0 Å². The van der Waals surface area contributed by atoms with Crippen molar-refractivity contribution in [3.63, 3.8) is 0 Å². The first-order valence-electron chi connectivity index (χ1n) is 5.64. The van der Waals surface area contributed by atoms with E-state index in [-0.39, 0.29) is 17.7 Å². The average molecular weight is 244 g/mol. The van der Waals surface area contributed by atoms with E-state index in [0.29, 0.717) is 0 Å². The summed E-state index contributed by atoms with van der Waals surface area (Å²) in [5, 5.41) is 15.3. The first-order valence-corrected chi connectivity index (χ1v) is 5.64. The highest BCUT2D eigenvalue weighted by molar-refractivity contribution is 6.09. The highest BCUT2D eigenvalue weighted by atomic mass is 15.3. The summed E-state index contributed by atoms with van der Waals surface area (Å²) in [7, 11) is 0. The fourth-order valence-corrected chi connectivity index (χ4v) is 2.30. The maximum atomic E-state index is 7.60. The van der Waals surface area contributed by atoms with Crippen molar-refractivity contribution in [3.05, 3.63) is 34.9 Å². The van der Waals surface area contributed by atoms with Crippen LogP contribution in [0, 0.1) is 5.41 Å². The summed E-state index contributed by atoms with van der Waals surface area (Å²) >= 11 is 0. The molecule has 7 N–H and O–H groups in total. The van der Waals surface area contributed by atoms with Gasteiger partial charge in [0, 0.05) is 11.1 Å². The van der Waals surface area contributed by atoms with Gasteiger partial charge in [-0.25, -0.2) is 0 Å². The van der Waals surface area contributed by atoms with E-state index in [2.05, 4.69) is 17.1 Å². The SMILES string of the molecule is CC1CC(=NN=C(N)N)c2cccc(C(=N)N)c21. The molecule has 0 spiro atoms. The smallest absolute Gasteiger partial charge is 0.211 e. The minimum atomic E-state index is -0.0636. The fourth-order valence-electron chi connectivity index (χ4n) is 2.30. The third kappa shape index (κ3) is 2.04. The predicted molar refractivity (Wildman–Crippen MR) is 72.8 cm³/mol. The van der Waals surface area contributed by atoms with Gasteiger partial charge >= 0.3 is 0 Å². The van der Waals surface area contributed by atoms with Gasteiger partial charge in [-0.05, 0) is 17.9 Å². The molecule has 1 aromatic carbocycles. The molecule has 0 bridgehead atoms. The van der Waals surface area contributed by atoms with Crippen molar-refractivity contribution < 1.29 is 0 Å². The van der Waals surface area contributed by atoms with Crippen molar-refractivity contribution >= 4 is 17.5 Å². The van der Waals surface area contributed by atoms with Crippen LogP contribution in [0.2, 0.25) is 0 Å². The Morgan fingerprint density at radius 2 is 2.06 bits per heavy atom. The number of nitrogens with one attached hydrogen (secondary N) is 1. The van der Waals surface area contributed by atoms with Crippen molar-refractivity contribution in [3.8, 4) is 0 Å². The van der Waals surface area contributed by atoms with E-state index in [1.165, 1.54) is 0 Å². The number of hydrogen-bond donors (Lipinski definition) is 4. The molecule has 0 radical (unpaired) electrons. The largest absolute Gasteiger partial charge is 0.384 e. The van der Waals surface area contributed by atoms with Gasteiger partial charge < -0.3 is 17.2 Å². The summed E-state index contributed by atoms with van der Waals surface area (Å²) in [6.07, 6.45) is 0.746. The number of benzene rings is 1. The molecule has 6 heteroatoms. The van der Waals surface area contributed by atoms with Gasteiger partial charge in [0.1, 0.15) is 5.84 Å². The number of nitrogens with two attached hydrogens (primary N) is 3. The maximum Gasteiger partial charge on any atom is 0.211 e. The Balaban J connectivity index is 2.55. The summed E-state index contributed by atoms with van der Waals surface area (Å²) < 4.78 is 0. The Kier molecular flexibility index (Phi) is 3.01. The number of fused-ring (bicyclic) bond motifs is 1. The average Bonchev–Trinajstić information content (AvgIpc) is 2.64. The standard InChI is InChI=1S/C12H16N6/c1-6-5-9(17-18-12(15)16)7-3-2-4-8(10(6)7)11(13)14/h2-4,6H,5H2,1H3,(H3,13,14)(H4,15,16,18). The molecule has 0 saturated heterocycles. The Hall–Kier alpha value is -2.37. The van der Waals surface area contributed by atoms with Gasteiger partial charge in [0.25, 0.3) is 0 Å². The van der Waals surface area contributed by atoms with Crippen molar-refractivity contribution in [1.29, 1.82) is 5.41 Å². The minimum absolute atomic E-state index is 0.0636. The van der Waals surface area contributed by atoms with Crippen LogP contribution >= 0.6 is 0 Å². The first-order chi connectivity index (χ1) is 8.50. The lowest BCUT2D eigenvalue weighted by molar-refractivity contribution is 0.831. The molecule has 1 aromatic rings. The minimum Gasteiger partial charge on any atom is -0.384 e. The van der Waals surface area contributed by atoms with Crippen LogP contribution in [-0.2, 0) is 0 Å². The normalized spacial score (nSPS) is 19.6. The lowest BCUT2D eigenvalue weighted by Crippen LogP contribution is -2.22. The second-order valence-corrected chi connectivity index (χ2v) is 4.36. The van der Waals surface area contributed by atoms with Crippen LogP contribution in [0.3, 0.4) is 0 Å². The van der Waals surface area contributed by atoms with Gasteiger partial charge in [-0.1, -0.05) is 25.1 Å². The third-order valence-corrected chi connectivity index (χ3v) is 2.99. The summed E-state index contributed by atoms with van der Waals surface area (Å²) in [5.41, 5.74) is 19.7. The fraction of sp³-hybridized carbons (Fsp3) is 0.250. The van der Waals surface area contributed by atoms with Crippen LogP contribution in [0.25, 0.3) is 0 Å². The van der Waals surface area contributed by atoms with Crippen molar-refractivity contribution in [2.45, 2.75) is 19.3 Å². The number of amidine groups is 1. The van der Waals surface area contributed by atoms with Crippen LogP contribution in [-0.4, -0.2) is 17.5 Å². The number of hydrogen-bond acceptors (Lipinski definition) is 3. The molecule has 1 atom stereocenters. The Bertz CT molecular complexity index is 554. The van der Waals surface area contributed by atoms with Gasteiger partial charge in [0.05, 0.1) is 5.71 Å².